The molecular weight excluding hydrogens is 447 g/mol. The normalized spacial score (nSPS) is 14.9. The molecule has 4 rings (SSSR count). The Balaban J connectivity index is 0.00000181. The van der Waals surface area contributed by atoms with Gasteiger partial charge in [0.15, 0.2) is 0 Å². The molecule has 0 unspecified atom stereocenters. The summed E-state index contributed by atoms with van der Waals surface area (Å²) in [5.41, 5.74) is 5.23. The van der Waals surface area contributed by atoms with Gasteiger partial charge in [0.2, 0.25) is 0 Å². The van der Waals surface area contributed by atoms with E-state index in [1.54, 1.807) is 0 Å². The molecule has 0 saturated heterocycles. The van der Waals surface area contributed by atoms with Crippen LogP contribution in [0.15, 0.2) is 61.1 Å². The fourth-order valence-electron chi connectivity index (χ4n) is 3.93. The third kappa shape index (κ3) is 5.68. The van der Waals surface area contributed by atoms with Gasteiger partial charge in [0.25, 0.3) is 0 Å². The Bertz CT molecular complexity index is 1080. The van der Waals surface area contributed by atoms with Crippen LogP contribution in [0.4, 0.5) is 0 Å². The van der Waals surface area contributed by atoms with Gasteiger partial charge in [-0.3, -0.25) is 9.69 Å². The third-order valence-corrected chi connectivity index (χ3v) is 5.50. The van der Waals surface area contributed by atoms with Crippen LogP contribution in [-0.4, -0.2) is 33.1 Å². The van der Waals surface area contributed by atoms with Gasteiger partial charge in [0.1, 0.15) is 6.04 Å². The molecule has 2 heterocycles. The quantitative estimate of drug-likeness (QED) is 0.504. The molecule has 1 aliphatic rings. The van der Waals surface area contributed by atoms with Crippen molar-refractivity contribution in [3.8, 4) is 6.07 Å². The van der Waals surface area contributed by atoms with Crippen molar-refractivity contribution in [2.24, 2.45) is 0 Å². The number of hydrogen-bond donors (Lipinski definition) is 0. The maximum Gasteiger partial charge on any atom is 0.323 e. The number of nitrogens with zero attached hydrogens (tertiary/aromatic N) is 4. The van der Waals surface area contributed by atoms with Crippen molar-refractivity contribution in [2.75, 3.05) is 6.61 Å². The lowest BCUT2D eigenvalue weighted by molar-refractivity contribution is -0.150. The van der Waals surface area contributed by atoms with Gasteiger partial charge in [0, 0.05) is 25.8 Å². The molecular formula is C24H26Cl2N4O2. The molecule has 8 heteroatoms. The number of esters is 1. The molecule has 0 spiro atoms. The van der Waals surface area contributed by atoms with Crippen molar-refractivity contribution in [3.63, 3.8) is 0 Å². The average molecular weight is 473 g/mol. The Morgan fingerprint density at radius 2 is 1.84 bits per heavy atom. The van der Waals surface area contributed by atoms with Crippen LogP contribution in [0.1, 0.15) is 34.9 Å². The van der Waals surface area contributed by atoms with Gasteiger partial charge in [0.05, 0.1) is 30.3 Å². The lowest BCUT2D eigenvalue weighted by atomic mass is 9.94. The smallest absolute Gasteiger partial charge is 0.323 e. The molecule has 0 saturated carbocycles. The van der Waals surface area contributed by atoms with Crippen molar-refractivity contribution < 1.29 is 9.53 Å². The number of benzene rings is 2. The Morgan fingerprint density at radius 3 is 2.53 bits per heavy atom. The molecule has 6 nitrogen and oxygen atoms in total. The monoisotopic (exact) mass is 472 g/mol. The Labute approximate surface area is 200 Å². The first kappa shape index (κ1) is 25.4. The third-order valence-electron chi connectivity index (χ3n) is 5.50. The summed E-state index contributed by atoms with van der Waals surface area (Å²) in [6.45, 7) is 4.18. The summed E-state index contributed by atoms with van der Waals surface area (Å²) in [5.74, 6) is -0.176. The minimum absolute atomic E-state index is 0. The summed E-state index contributed by atoms with van der Waals surface area (Å²) in [6.07, 6.45) is 4.32. The molecule has 1 atom stereocenters. The molecule has 0 amide bonds. The summed E-state index contributed by atoms with van der Waals surface area (Å²) < 4.78 is 7.45. The number of carbonyl (C=O) groups is 1. The van der Waals surface area contributed by atoms with Crippen LogP contribution in [0.5, 0.6) is 0 Å². The van der Waals surface area contributed by atoms with E-state index in [1.165, 1.54) is 11.1 Å². The predicted octanol–water partition coefficient (Wildman–Crippen LogP) is 4.14. The number of aromatic nitrogens is 2. The first-order valence-electron chi connectivity index (χ1n) is 10.1. The number of ether oxygens (including phenoxy) is 1. The molecule has 32 heavy (non-hydrogen) atoms. The minimum atomic E-state index is -0.307. The molecule has 0 fully saturated rings. The van der Waals surface area contributed by atoms with Gasteiger partial charge in [-0.2, -0.15) is 5.26 Å². The van der Waals surface area contributed by atoms with E-state index in [9.17, 15) is 4.79 Å². The molecule has 2 aromatic carbocycles. The van der Waals surface area contributed by atoms with Gasteiger partial charge < -0.3 is 9.30 Å². The number of fused-ring (bicyclic) bond motifs is 1. The number of halogens is 2. The van der Waals surface area contributed by atoms with Crippen LogP contribution in [0.25, 0.3) is 0 Å². The van der Waals surface area contributed by atoms with E-state index >= 15 is 0 Å². The van der Waals surface area contributed by atoms with Crippen molar-refractivity contribution in [2.45, 2.75) is 39.0 Å². The van der Waals surface area contributed by atoms with Gasteiger partial charge in [-0.1, -0.05) is 36.4 Å². The second-order valence-electron chi connectivity index (χ2n) is 7.47. The lowest BCUT2D eigenvalue weighted by Gasteiger charge is -2.35. The van der Waals surface area contributed by atoms with Crippen LogP contribution in [0.2, 0.25) is 0 Å². The van der Waals surface area contributed by atoms with E-state index < -0.39 is 0 Å². The Kier molecular flexibility index (Phi) is 9.27. The fraction of sp³-hybridized carbons (Fsp3) is 0.292. The maximum absolute atomic E-state index is 12.7. The number of hydrogen-bond acceptors (Lipinski definition) is 5. The number of carbonyl (C=O) groups excluding carboxylic acids is 1. The highest BCUT2D eigenvalue weighted by atomic mass is 35.5. The molecule has 0 aliphatic carbocycles. The van der Waals surface area contributed by atoms with Gasteiger partial charge in [-0.05, 0) is 42.2 Å². The Hall–Kier alpha value is -2.85. The van der Waals surface area contributed by atoms with Gasteiger partial charge in [-0.15, -0.1) is 24.8 Å². The standard InChI is InChI=1S/C24H24N4O2.2ClH/c1-2-30-24(29)23-11-20-5-3-4-6-21(20)15-27(23)16-22-13-26-17-28(22)14-19-9-7-18(12-25)8-10-19;;/h3-10,13,17,23H,2,11,14-16H2,1H3;2*1H/t23-;;/m0../s1. The molecule has 1 aromatic heterocycles. The summed E-state index contributed by atoms with van der Waals surface area (Å²) >= 11 is 0. The molecule has 0 N–H and O–H groups in total. The second kappa shape index (κ2) is 11.7. The summed E-state index contributed by atoms with van der Waals surface area (Å²) in [4.78, 5) is 19.2. The van der Waals surface area contributed by atoms with Crippen molar-refractivity contribution >= 4 is 30.8 Å². The van der Waals surface area contributed by atoms with Gasteiger partial charge >= 0.3 is 5.97 Å². The van der Waals surface area contributed by atoms with Crippen LogP contribution >= 0.6 is 24.8 Å². The van der Waals surface area contributed by atoms with E-state index in [4.69, 9.17) is 10.00 Å². The van der Waals surface area contributed by atoms with E-state index in [-0.39, 0.29) is 36.8 Å². The SMILES string of the molecule is CCOC(=O)[C@@H]1Cc2ccccc2CN1Cc1cncn1Cc1ccc(C#N)cc1.Cl.Cl. The minimum Gasteiger partial charge on any atom is -0.465 e. The predicted molar refractivity (Wildman–Crippen MR) is 127 cm³/mol. The average Bonchev–Trinajstić information content (AvgIpc) is 3.20. The maximum atomic E-state index is 12.7. The number of rotatable bonds is 6. The highest BCUT2D eigenvalue weighted by Crippen LogP contribution is 2.26. The molecule has 3 aromatic rings. The largest absolute Gasteiger partial charge is 0.465 e. The van der Waals surface area contributed by atoms with Gasteiger partial charge in [-0.25, -0.2) is 4.98 Å². The summed E-state index contributed by atoms with van der Waals surface area (Å²) in [5, 5.41) is 8.98. The highest BCUT2D eigenvalue weighted by Gasteiger charge is 2.33. The van der Waals surface area contributed by atoms with E-state index in [0.717, 1.165) is 11.3 Å². The van der Waals surface area contributed by atoms with Crippen molar-refractivity contribution in [1.29, 1.82) is 5.26 Å². The lowest BCUT2D eigenvalue weighted by Crippen LogP contribution is -2.46. The topological polar surface area (TPSA) is 71.2 Å². The van der Waals surface area contributed by atoms with Crippen molar-refractivity contribution in [3.05, 3.63) is 89.0 Å². The zero-order valence-electron chi connectivity index (χ0n) is 17.8. The van der Waals surface area contributed by atoms with Crippen LogP contribution in [0.3, 0.4) is 0 Å². The van der Waals surface area contributed by atoms with E-state index in [0.29, 0.717) is 38.2 Å². The fourth-order valence-corrected chi connectivity index (χ4v) is 3.93. The van der Waals surface area contributed by atoms with E-state index in [1.807, 2.05) is 55.8 Å². The molecule has 168 valence electrons. The Morgan fingerprint density at radius 1 is 1.12 bits per heavy atom. The van der Waals surface area contributed by atoms with Crippen LogP contribution < -0.4 is 0 Å². The number of nitriles is 1. The first-order chi connectivity index (χ1) is 14.7. The zero-order valence-corrected chi connectivity index (χ0v) is 19.4. The highest BCUT2D eigenvalue weighted by molar-refractivity contribution is 5.85. The van der Waals surface area contributed by atoms with Crippen molar-refractivity contribution in [1.82, 2.24) is 14.5 Å². The van der Waals surface area contributed by atoms with E-state index in [2.05, 4.69) is 32.7 Å². The molecule has 0 bridgehead atoms. The second-order valence-corrected chi connectivity index (χ2v) is 7.47. The molecule has 1 aliphatic heterocycles. The summed E-state index contributed by atoms with van der Waals surface area (Å²) in [6, 6.07) is 17.7. The number of imidazole rings is 1. The van der Waals surface area contributed by atoms with Crippen LogP contribution in [0, 0.1) is 11.3 Å². The zero-order chi connectivity index (χ0) is 20.9. The molecule has 0 radical (unpaired) electrons. The summed E-state index contributed by atoms with van der Waals surface area (Å²) in [7, 11) is 0. The van der Waals surface area contributed by atoms with Crippen LogP contribution in [-0.2, 0) is 35.6 Å². The first-order valence-corrected chi connectivity index (χ1v) is 10.1.